The van der Waals surface area contributed by atoms with Gasteiger partial charge in [0.2, 0.25) is 5.88 Å². The molecule has 0 amide bonds. The van der Waals surface area contributed by atoms with Gasteiger partial charge in [-0.05, 0) is 36.9 Å². The van der Waals surface area contributed by atoms with Gasteiger partial charge in [0.1, 0.15) is 5.69 Å². The first kappa shape index (κ1) is 15.8. The third-order valence-electron chi connectivity index (χ3n) is 3.21. The molecule has 2 aromatic rings. The minimum absolute atomic E-state index is 0.00972. The Kier molecular flexibility index (Phi) is 6.02. The molecule has 1 heterocycles. The Balaban J connectivity index is 2.36. The summed E-state index contributed by atoms with van der Waals surface area (Å²) in [4.78, 5) is 9.97. The first-order valence-corrected chi connectivity index (χ1v) is 8.24. The highest BCUT2D eigenvalue weighted by molar-refractivity contribution is 7.98. The summed E-state index contributed by atoms with van der Waals surface area (Å²) in [5, 5.41) is 3.52. The van der Waals surface area contributed by atoms with Crippen LogP contribution in [0.25, 0.3) is 0 Å². The molecule has 0 fully saturated rings. The molecule has 1 atom stereocenters. The highest BCUT2D eigenvalue weighted by atomic mass is 32.2. The van der Waals surface area contributed by atoms with E-state index in [9.17, 15) is 0 Å². The quantitative estimate of drug-likeness (QED) is 0.795. The van der Waals surface area contributed by atoms with Crippen LogP contribution in [0, 0.1) is 0 Å². The van der Waals surface area contributed by atoms with Crippen molar-refractivity contribution >= 4 is 11.8 Å². The summed E-state index contributed by atoms with van der Waals surface area (Å²) >= 11 is 1.74. The predicted molar refractivity (Wildman–Crippen MR) is 86.9 cm³/mol. The molecule has 2 rings (SSSR count). The van der Waals surface area contributed by atoms with Gasteiger partial charge in [0.05, 0.1) is 13.2 Å². The maximum absolute atomic E-state index is 5.35. The van der Waals surface area contributed by atoms with Gasteiger partial charge in [-0.3, -0.25) is 4.98 Å². The van der Waals surface area contributed by atoms with Crippen LogP contribution in [0.4, 0.5) is 0 Å². The molecule has 21 heavy (non-hydrogen) atoms. The van der Waals surface area contributed by atoms with E-state index in [2.05, 4.69) is 52.7 Å². The molecule has 4 nitrogen and oxygen atoms in total. The van der Waals surface area contributed by atoms with Gasteiger partial charge in [0.25, 0.3) is 0 Å². The molecule has 0 aliphatic carbocycles. The number of rotatable bonds is 7. The predicted octanol–water partition coefficient (Wildman–Crippen LogP) is 3.30. The van der Waals surface area contributed by atoms with E-state index in [1.54, 1.807) is 31.3 Å². The number of methoxy groups -OCH3 is 1. The molecule has 0 saturated heterocycles. The van der Waals surface area contributed by atoms with Crippen molar-refractivity contribution in [1.29, 1.82) is 0 Å². The van der Waals surface area contributed by atoms with Crippen LogP contribution in [0.1, 0.15) is 30.6 Å². The normalized spacial score (nSPS) is 12.1. The summed E-state index contributed by atoms with van der Waals surface area (Å²) in [7, 11) is 1.63. The van der Waals surface area contributed by atoms with Crippen LogP contribution >= 0.6 is 11.8 Å². The van der Waals surface area contributed by atoms with E-state index in [4.69, 9.17) is 4.74 Å². The van der Waals surface area contributed by atoms with Crippen molar-refractivity contribution in [2.45, 2.75) is 24.3 Å². The number of nitrogens with one attached hydrogen (secondary N) is 1. The lowest BCUT2D eigenvalue weighted by Crippen LogP contribution is -2.24. The summed E-state index contributed by atoms with van der Waals surface area (Å²) < 4.78 is 5.35. The molecule has 1 aromatic carbocycles. The van der Waals surface area contributed by atoms with Gasteiger partial charge >= 0.3 is 0 Å². The first-order chi connectivity index (χ1) is 10.3. The molecule has 0 saturated carbocycles. The molecule has 0 bridgehead atoms. The highest BCUT2D eigenvalue weighted by Crippen LogP contribution is 2.27. The van der Waals surface area contributed by atoms with Crippen molar-refractivity contribution in [3.63, 3.8) is 0 Å². The smallest absolute Gasteiger partial charge is 0.237 e. The zero-order valence-electron chi connectivity index (χ0n) is 12.7. The molecule has 0 aliphatic rings. The van der Waals surface area contributed by atoms with Crippen LogP contribution in [0.3, 0.4) is 0 Å². The SMILES string of the molecule is CCCNC(c1ccc(SC)cc1)c1nccnc1OC. The zero-order valence-corrected chi connectivity index (χ0v) is 13.5. The number of hydrogen-bond acceptors (Lipinski definition) is 5. The van der Waals surface area contributed by atoms with Gasteiger partial charge in [-0.25, -0.2) is 4.98 Å². The number of ether oxygens (including phenoxy) is 1. The molecule has 112 valence electrons. The van der Waals surface area contributed by atoms with Crippen LogP contribution in [-0.2, 0) is 0 Å². The van der Waals surface area contributed by atoms with Crippen LogP contribution in [0.5, 0.6) is 5.88 Å². The van der Waals surface area contributed by atoms with Crippen molar-refractivity contribution in [1.82, 2.24) is 15.3 Å². The summed E-state index contributed by atoms with van der Waals surface area (Å²) in [5.41, 5.74) is 1.99. The van der Waals surface area contributed by atoms with E-state index >= 15 is 0 Å². The van der Waals surface area contributed by atoms with E-state index in [1.807, 2.05) is 0 Å². The Morgan fingerprint density at radius 1 is 1.19 bits per heavy atom. The number of hydrogen-bond donors (Lipinski definition) is 1. The Bertz CT molecular complexity index is 560. The fourth-order valence-corrected chi connectivity index (χ4v) is 2.56. The van der Waals surface area contributed by atoms with E-state index in [0.29, 0.717) is 5.88 Å². The van der Waals surface area contributed by atoms with Gasteiger partial charge in [-0.1, -0.05) is 19.1 Å². The van der Waals surface area contributed by atoms with Crippen molar-refractivity contribution in [2.75, 3.05) is 19.9 Å². The van der Waals surface area contributed by atoms with Crippen molar-refractivity contribution in [3.05, 3.63) is 47.9 Å². The number of benzene rings is 1. The van der Waals surface area contributed by atoms with Gasteiger partial charge in [-0.15, -0.1) is 11.8 Å². The minimum Gasteiger partial charge on any atom is -0.480 e. The van der Waals surface area contributed by atoms with E-state index < -0.39 is 0 Å². The standard InChI is InChI=1S/C16H21N3OS/c1-4-9-17-14(12-5-7-13(21-3)8-6-12)15-16(20-2)19-11-10-18-15/h5-8,10-11,14,17H,4,9H2,1-3H3. The fraction of sp³-hybridized carbons (Fsp3) is 0.375. The summed E-state index contributed by atoms with van der Waals surface area (Å²) in [6, 6.07) is 8.51. The van der Waals surface area contributed by atoms with Gasteiger partial charge in [-0.2, -0.15) is 0 Å². The van der Waals surface area contributed by atoms with Crippen molar-refractivity contribution in [3.8, 4) is 5.88 Å². The Labute approximate surface area is 130 Å². The molecule has 0 radical (unpaired) electrons. The molecule has 1 unspecified atom stereocenters. The second-order valence-corrected chi connectivity index (χ2v) is 5.49. The number of aromatic nitrogens is 2. The summed E-state index contributed by atoms with van der Waals surface area (Å²) in [6.07, 6.45) is 6.49. The second kappa shape index (κ2) is 8.00. The number of thioether (sulfide) groups is 1. The number of nitrogens with zero attached hydrogens (tertiary/aromatic N) is 2. The summed E-state index contributed by atoms with van der Waals surface area (Å²) in [6.45, 7) is 3.06. The lowest BCUT2D eigenvalue weighted by molar-refractivity contribution is 0.382. The molecule has 5 heteroatoms. The monoisotopic (exact) mass is 303 g/mol. The largest absolute Gasteiger partial charge is 0.480 e. The topological polar surface area (TPSA) is 47.0 Å². The van der Waals surface area contributed by atoms with Gasteiger partial charge in [0, 0.05) is 17.3 Å². The van der Waals surface area contributed by atoms with E-state index in [0.717, 1.165) is 18.7 Å². The molecule has 0 aliphatic heterocycles. The Hall–Kier alpha value is -1.59. The summed E-state index contributed by atoms with van der Waals surface area (Å²) in [5.74, 6) is 0.569. The minimum atomic E-state index is -0.00972. The molecular weight excluding hydrogens is 282 g/mol. The van der Waals surface area contributed by atoms with Crippen LogP contribution in [0.15, 0.2) is 41.6 Å². The average molecular weight is 303 g/mol. The lowest BCUT2D eigenvalue weighted by atomic mass is 10.0. The van der Waals surface area contributed by atoms with Crippen LogP contribution < -0.4 is 10.1 Å². The van der Waals surface area contributed by atoms with Crippen molar-refractivity contribution < 1.29 is 4.74 Å². The van der Waals surface area contributed by atoms with Gasteiger partial charge < -0.3 is 10.1 Å². The average Bonchev–Trinajstić information content (AvgIpc) is 2.56. The van der Waals surface area contributed by atoms with Gasteiger partial charge in [0.15, 0.2) is 0 Å². The highest BCUT2D eigenvalue weighted by Gasteiger charge is 2.19. The second-order valence-electron chi connectivity index (χ2n) is 4.61. The molecule has 1 N–H and O–H groups in total. The fourth-order valence-electron chi connectivity index (χ4n) is 2.15. The van der Waals surface area contributed by atoms with E-state index in [-0.39, 0.29) is 6.04 Å². The maximum Gasteiger partial charge on any atom is 0.237 e. The third kappa shape index (κ3) is 3.95. The molecule has 1 aromatic heterocycles. The van der Waals surface area contributed by atoms with Crippen LogP contribution in [-0.4, -0.2) is 29.9 Å². The molecule has 0 spiro atoms. The zero-order chi connectivity index (χ0) is 15.1. The Morgan fingerprint density at radius 3 is 2.52 bits per heavy atom. The lowest BCUT2D eigenvalue weighted by Gasteiger charge is -2.20. The van der Waals surface area contributed by atoms with Crippen molar-refractivity contribution in [2.24, 2.45) is 0 Å². The van der Waals surface area contributed by atoms with Crippen LogP contribution in [0.2, 0.25) is 0 Å². The Morgan fingerprint density at radius 2 is 1.90 bits per heavy atom. The van der Waals surface area contributed by atoms with E-state index in [1.165, 1.54) is 10.5 Å². The molecular formula is C16H21N3OS. The maximum atomic E-state index is 5.35. The third-order valence-corrected chi connectivity index (χ3v) is 3.95. The first-order valence-electron chi connectivity index (χ1n) is 7.02.